The van der Waals surface area contributed by atoms with Gasteiger partial charge in [-0.1, -0.05) is 18.2 Å². The van der Waals surface area contributed by atoms with Gasteiger partial charge >= 0.3 is 5.97 Å². The molecule has 1 atom stereocenters. The Morgan fingerprint density at radius 1 is 1.16 bits per heavy atom. The predicted octanol–water partition coefficient (Wildman–Crippen LogP) is 2.18. The van der Waals surface area contributed by atoms with Gasteiger partial charge in [-0.3, -0.25) is 19.1 Å². The monoisotopic (exact) mass is 362 g/mol. The number of hydrogen-bond donors (Lipinski definition) is 2. The molecule has 2 rings (SSSR count). The first kappa shape index (κ1) is 18.3. The van der Waals surface area contributed by atoms with Crippen molar-refractivity contribution in [2.75, 3.05) is 11.1 Å². The fraction of sp³-hybridized carbons (Fsp3) is 0.125. The standard InChI is InChI=1S/C16H14N2O6S/c19-15(17-13-2-1-3-14(8-13)18(22)23)10-25(24)9-11-4-6-12(7-5-11)16(20)21/h1-8H,9-10H2,(H,17,19)(H,20,21). The molecule has 1 amide bonds. The molecule has 2 aromatic carbocycles. The van der Waals surface area contributed by atoms with Gasteiger partial charge in [-0.25, -0.2) is 4.79 Å². The number of nitrogens with one attached hydrogen (secondary N) is 1. The number of aromatic carboxylic acids is 1. The van der Waals surface area contributed by atoms with Gasteiger partial charge in [0, 0.05) is 34.4 Å². The zero-order valence-electron chi connectivity index (χ0n) is 12.9. The van der Waals surface area contributed by atoms with Crippen molar-refractivity contribution in [3.8, 4) is 0 Å². The lowest BCUT2D eigenvalue weighted by molar-refractivity contribution is -0.384. The van der Waals surface area contributed by atoms with Crippen LogP contribution in [0.1, 0.15) is 15.9 Å². The van der Waals surface area contributed by atoms with Crippen LogP contribution in [0.4, 0.5) is 11.4 Å². The van der Waals surface area contributed by atoms with Crippen molar-refractivity contribution in [1.82, 2.24) is 0 Å². The molecule has 25 heavy (non-hydrogen) atoms. The molecular formula is C16H14N2O6S. The van der Waals surface area contributed by atoms with Gasteiger partial charge in [-0.05, 0) is 23.8 Å². The summed E-state index contributed by atoms with van der Waals surface area (Å²) in [4.78, 5) is 32.8. The largest absolute Gasteiger partial charge is 0.478 e. The van der Waals surface area contributed by atoms with Crippen molar-refractivity contribution >= 4 is 34.1 Å². The van der Waals surface area contributed by atoms with Crippen LogP contribution in [-0.4, -0.2) is 31.9 Å². The first-order chi connectivity index (χ1) is 11.8. The molecule has 0 heterocycles. The van der Waals surface area contributed by atoms with Gasteiger partial charge in [-0.2, -0.15) is 0 Å². The Kier molecular flexibility index (Phi) is 5.96. The summed E-state index contributed by atoms with van der Waals surface area (Å²) in [6, 6.07) is 11.3. The number of non-ortho nitro benzene ring substituents is 1. The minimum Gasteiger partial charge on any atom is -0.478 e. The summed E-state index contributed by atoms with van der Waals surface area (Å²) >= 11 is 0. The number of carboxylic acid groups (broad SMARTS) is 1. The molecule has 0 saturated heterocycles. The fourth-order valence-electron chi connectivity index (χ4n) is 2.02. The van der Waals surface area contributed by atoms with Crippen molar-refractivity contribution in [3.63, 3.8) is 0 Å². The number of nitro groups is 1. The molecule has 0 aliphatic heterocycles. The lowest BCUT2D eigenvalue weighted by Crippen LogP contribution is -2.20. The van der Waals surface area contributed by atoms with Crippen LogP contribution in [0.25, 0.3) is 0 Å². The first-order valence-electron chi connectivity index (χ1n) is 7.06. The second-order valence-electron chi connectivity index (χ2n) is 5.09. The lowest BCUT2D eigenvalue weighted by Gasteiger charge is -2.06. The van der Waals surface area contributed by atoms with E-state index in [4.69, 9.17) is 5.11 Å². The van der Waals surface area contributed by atoms with Gasteiger partial charge < -0.3 is 10.4 Å². The Morgan fingerprint density at radius 3 is 2.44 bits per heavy atom. The molecule has 0 spiro atoms. The van der Waals surface area contributed by atoms with E-state index in [1.165, 1.54) is 36.4 Å². The van der Waals surface area contributed by atoms with Gasteiger partial charge in [0.1, 0.15) is 5.75 Å². The number of hydrogen-bond acceptors (Lipinski definition) is 5. The second kappa shape index (κ2) is 8.15. The number of carbonyl (C=O) groups excluding carboxylic acids is 1. The van der Waals surface area contributed by atoms with Crippen molar-refractivity contribution in [2.45, 2.75) is 5.75 Å². The van der Waals surface area contributed by atoms with Gasteiger partial charge in [0.2, 0.25) is 5.91 Å². The van der Waals surface area contributed by atoms with E-state index in [1.807, 2.05) is 0 Å². The smallest absolute Gasteiger partial charge is 0.335 e. The zero-order valence-corrected chi connectivity index (χ0v) is 13.7. The van der Waals surface area contributed by atoms with Crippen LogP contribution in [-0.2, 0) is 21.3 Å². The van der Waals surface area contributed by atoms with E-state index in [2.05, 4.69) is 5.32 Å². The summed E-state index contributed by atoms with van der Waals surface area (Å²) in [6.07, 6.45) is 0. The third-order valence-electron chi connectivity index (χ3n) is 3.16. The zero-order chi connectivity index (χ0) is 18.4. The summed E-state index contributed by atoms with van der Waals surface area (Å²) in [5, 5.41) is 22.0. The van der Waals surface area contributed by atoms with E-state index < -0.39 is 27.6 Å². The van der Waals surface area contributed by atoms with E-state index in [-0.39, 0.29) is 28.4 Å². The van der Waals surface area contributed by atoms with Crippen LogP contribution in [0.15, 0.2) is 48.5 Å². The molecule has 2 N–H and O–H groups in total. The van der Waals surface area contributed by atoms with Crippen LogP contribution in [0, 0.1) is 10.1 Å². The number of anilines is 1. The number of benzene rings is 2. The van der Waals surface area contributed by atoms with Crippen LogP contribution in [0.2, 0.25) is 0 Å². The molecule has 2 aromatic rings. The summed E-state index contributed by atoms with van der Waals surface area (Å²) in [5.74, 6) is -1.75. The molecule has 9 heteroatoms. The minimum absolute atomic E-state index is 0.0995. The van der Waals surface area contributed by atoms with Gasteiger partial charge in [0.25, 0.3) is 5.69 Å². The highest BCUT2D eigenvalue weighted by molar-refractivity contribution is 7.84. The Labute approximate surface area is 145 Å². The van der Waals surface area contributed by atoms with Crippen molar-refractivity contribution in [3.05, 3.63) is 69.8 Å². The van der Waals surface area contributed by atoms with E-state index in [0.717, 1.165) is 0 Å². The number of nitro benzene ring substituents is 1. The van der Waals surface area contributed by atoms with Gasteiger partial charge in [0.05, 0.1) is 10.5 Å². The molecule has 0 saturated carbocycles. The molecule has 130 valence electrons. The van der Waals surface area contributed by atoms with Crippen LogP contribution in [0.5, 0.6) is 0 Å². The van der Waals surface area contributed by atoms with E-state index in [9.17, 15) is 23.9 Å². The third-order valence-corrected chi connectivity index (χ3v) is 4.40. The number of rotatable bonds is 7. The number of amides is 1. The molecule has 0 bridgehead atoms. The van der Waals surface area contributed by atoms with Crippen LogP contribution in [0.3, 0.4) is 0 Å². The second-order valence-corrected chi connectivity index (χ2v) is 6.54. The van der Waals surface area contributed by atoms with E-state index in [0.29, 0.717) is 5.56 Å². The van der Waals surface area contributed by atoms with Crippen molar-refractivity contribution in [1.29, 1.82) is 0 Å². The molecule has 0 aromatic heterocycles. The van der Waals surface area contributed by atoms with Gasteiger partial charge in [-0.15, -0.1) is 0 Å². The maximum atomic E-state index is 12.0. The average molecular weight is 362 g/mol. The molecular weight excluding hydrogens is 348 g/mol. The third kappa shape index (κ3) is 5.50. The van der Waals surface area contributed by atoms with Crippen molar-refractivity contribution < 1.29 is 23.8 Å². The number of nitrogens with zero attached hydrogens (tertiary/aromatic N) is 1. The van der Waals surface area contributed by atoms with E-state index in [1.54, 1.807) is 12.1 Å². The fourth-order valence-corrected chi connectivity index (χ4v) is 3.05. The van der Waals surface area contributed by atoms with Gasteiger partial charge in [0.15, 0.2) is 0 Å². The Morgan fingerprint density at radius 2 is 1.84 bits per heavy atom. The molecule has 8 nitrogen and oxygen atoms in total. The Balaban J connectivity index is 1.91. The maximum Gasteiger partial charge on any atom is 0.335 e. The summed E-state index contributed by atoms with van der Waals surface area (Å²) in [7, 11) is -1.50. The van der Waals surface area contributed by atoms with Crippen molar-refractivity contribution in [2.24, 2.45) is 0 Å². The Bertz CT molecular complexity index is 835. The quantitative estimate of drug-likeness (QED) is 0.574. The van der Waals surface area contributed by atoms with E-state index >= 15 is 0 Å². The molecule has 1 unspecified atom stereocenters. The predicted molar refractivity (Wildman–Crippen MR) is 91.8 cm³/mol. The summed E-state index contributed by atoms with van der Waals surface area (Å²) in [5.41, 5.74) is 0.865. The highest BCUT2D eigenvalue weighted by atomic mass is 32.2. The van der Waals surface area contributed by atoms with Crippen LogP contribution < -0.4 is 5.32 Å². The average Bonchev–Trinajstić information content (AvgIpc) is 2.55. The number of carbonyl (C=O) groups is 2. The van der Waals surface area contributed by atoms with Crippen LogP contribution >= 0.6 is 0 Å². The maximum absolute atomic E-state index is 12.0. The first-order valence-corrected chi connectivity index (χ1v) is 8.55. The topological polar surface area (TPSA) is 127 Å². The molecule has 0 aliphatic carbocycles. The minimum atomic E-state index is -1.50. The molecule has 0 aliphatic rings. The lowest BCUT2D eigenvalue weighted by atomic mass is 10.1. The highest BCUT2D eigenvalue weighted by Gasteiger charge is 2.12. The number of carboxylic acids is 1. The Hall–Kier alpha value is -3.07. The SMILES string of the molecule is O=C(CS(=O)Cc1ccc(C(=O)O)cc1)Nc1cccc([N+](=O)[O-])c1. The normalized spacial score (nSPS) is 11.5. The molecule has 0 radical (unpaired) electrons. The highest BCUT2D eigenvalue weighted by Crippen LogP contribution is 2.17. The summed E-state index contributed by atoms with van der Waals surface area (Å²) in [6.45, 7) is 0. The summed E-state index contributed by atoms with van der Waals surface area (Å²) < 4.78 is 12.0. The molecule has 0 fully saturated rings.